The Kier molecular flexibility index (Phi) is 3.68. The molecule has 1 N–H and O–H groups in total. The van der Waals surface area contributed by atoms with Crippen LogP contribution in [0.25, 0.3) is 11.4 Å². The molecule has 1 aliphatic rings. The van der Waals surface area contributed by atoms with Crippen molar-refractivity contribution in [3.8, 4) is 11.4 Å². The highest BCUT2D eigenvalue weighted by Crippen LogP contribution is 2.37. The quantitative estimate of drug-likeness (QED) is 0.939. The highest BCUT2D eigenvalue weighted by atomic mass is 19.1. The molecule has 0 aliphatic heterocycles. The van der Waals surface area contributed by atoms with Crippen LogP contribution in [0.4, 0.5) is 4.39 Å². The number of carboxylic acids is 1. The van der Waals surface area contributed by atoms with E-state index in [4.69, 9.17) is 4.52 Å². The average molecular weight is 290 g/mol. The number of nitrogens with zero attached hydrogens (tertiary/aromatic N) is 2. The highest BCUT2D eigenvalue weighted by molar-refractivity contribution is 5.71. The predicted octanol–water partition coefficient (Wildman–Crippen LogP) is 3.23. The Bertz CT molecular complexity index is 656. The van der Waals surface area contributed by atoms with Crippen molar-refractivity contribution in [2.24, 2.45) is 5.92 Å². The summed E-state index contributed by atoms with van der Waals surface area (Å²) in [4.78, 5) is 15.5. The first-order valence-electron chi connectivity index (χ1n) is 6.98. The first-order chi connectivity index (χ1) is 10.2. The third kappa shape index (κ3) is 2.66. The second kappa shape index (κ2) is 5.63. The summed E-state index contributed by atoms with van der Waals surface area (Å²) in [5.74, 6) is -1.61. The molecular formula is C15H15FN2O3. The maximum absolute atomic E-state index is 13.7. The van der Waals surface area contributed by atoms with Crippen molar-refractivity contribution in [2.45, 2.75) is 31.6 Å². The lowest BCUT2D eigenvalue weighted by molar-refractivity contribution is -0.143. The molecule has 3 rings (SSSR count). The highest BCUT2D eigenvalue weighted by Gasteiger charge is 2.35. The number of carbonyl (C=O) groups is 1. The van der Waals surface area contributed by atoms with E-state index in [1.165, 1.54) is 6.07 Å². The summed E-state index contributed by atoms with van der Waals surface area (Å²) < 4.78 is 18.9. The molecule has 1 heterocycles. The first-order valence-corrected chi connectivity index (χ1v) is 6.98. The zero-order valence-electron chi connectivity index (χ0n) is 11.3. The number of halogens is 1. The fraction of sp³-hybridized carbons (Fsp3) is 0.400. The molecular weight excluding hydrogens is 275 g/mol. The number of carboxylic acid groups (broad SMARTS) is 1. The smallest absolute Gasteiger partial charge is 0.307 e. The fourth-order valence-electron chi connectivity index (χ4n) is 2.86. The SMILES string of the molecule is O=C(O)C1CCCCC1c1nc(-c2ccccc2F)no1. The van der Waals surface area contributed by atoms with E-state index in [0.717, 1.165) is 12.8 Å². The molecule has 0 spiro atoms. The molecule has 21 heavy (non-hydrogen) atoms. The van der Waals surface area contributed by atoms with Gasteiger partial charge in [0.1, 0.15) is 5.82 Å². The summed E-state index contributed by atoms with van der Waals surface area (Å²) in [6.07, 6.45) is 3.14. The molecule has 1 fully saturated rings. The molecule has 110 valence electrons. The Hall–Kier alpha value is -2.24. The molecule has 2 atom stereocenters. The molecule has 1 aliphatic carbocycles. The molecule has 0 radical (unpaired) electrons. The minimum atomic E-state index is -0.842. The molecule has 1 saturated carbocycles. The first kappa shape index (κ1) is 13.7. The average Bonchev–Trinajstić information content (AvgIpc) is 2.97. The van der Waals surface area contributed by atoms with Crippen LogP contribution in [0.3, 0.4) is 0 Å². The van der Waals surface area contributed by atoms with Crippen LogP contribution >= 0.6 is 0 Å². The zero-order valence-corrected chi connectivity index (χ0v) is 11.3. The molecule has 0 bridgehead atoms. The van der Waals surface area contributed by atoms with Gasteiger partial charge in [-0.15, -0.1) is 0 Å². The van der Waals surface area contributed by atoms with E-state index >= 15 is 0 Å². The Morgan fingerprint density at radius 2 is 2.05 bits per heavy atom. The standard InChI is InChI=1S/C15H15FN2O3/c16-12-8-4-3-7-11(12)13-17-14(21-18-13)9-5-1-2-6-10(9)15(19)20/h3-4,7-10H,1-2,5-6H2,(H,19,20). The van der Waals surface area contributed by atoms with Gasteiger partial charge >= 0.3 is 5.97 Å². The number of benzene rings is 1. The van der Waals surface area contributed by atoms with Crippen LogP contribution in [0.5, 0.6) is 0 Å². The van der Waals surface area contributed by atoms with Gasteiger partial charge in [-0.2, -0.15) is 4.98 Å². The van der Waals surface area contributed by atoms with E-state index in [-0.39, 0.29) is 17.3 Å². The Morgan fingerprint density at radius 1 is 1.29 bits per heavy atom. The minimum absolute atomic E-state index is 0.165. The monoisotopic (exact) mass is 290 g/mol. The second-order valence-corrected chi connectivity index (χ2v) is 5.27. The van der Waals surface area contributed by atoms with Gasteiger partial charge in [-0.1, -0.05) is 30.1 Å². The fourth-order valence-corrected chi connectivity index (χ4v) is 2.86. The maximum atomic E-state index is 13.7. The minimum Gasteiger partial charge on any atom is -0.481 e. The molecule has 6 heteroatoms. The van der Waals surface area contributed by atoms with Gasteiger partial charge in [0, 0.05) is 0 Å². The van der Waals surface area contributed by atoms with Gasteiger partial charge in [-0.3, -0.25) is 4.79 Å². The van der Waals surface area contributed by atoms with Crippen molar-refractivity contribution in [3.63, 3.8) is 0 Å². The van der Waals surface area contributed by atoms with Crippen molar-refractivity contribution in [1.29, 1.82) is 0 Å². The normalized spacial score (nSPS) is 22.1. The Morgan fingerprint density at radius 3 is 2.81 bits per heavy atom. The van der Waals surface area contributed by atoms with Crippen LogP contribution < -0.4 is 0 Å². The number of rotatable bonds is 3. The van der Waals surface area contributed by atoms with Crippen molar-refractivity contribution < 1.29 is 18.8 Å². The molecule has 5 nitrogen and oxygen atoms in total. The number of aromatic nitrogens is 2. The maximum Gasteiger partial charge on any atom is 0.307 e. The van der Waals surface area contributed by atoms with Crippen LogP contribution in [0.2, 0.25) is 0 Å². The third-order valence-electron chi connectivity index (χ3n) is 3.96. The summed E-state index contributed by atoms with van der Waals surface area (Å²) in [5.41, 5.74) is 0.259. The number of hydrogen-bond acceptors (Lipinski definition) is 4. The van der Waals surface area contributed by atoms with Crippen molar-refractivity contribution >= 4 is 5.97 Å². The number of aliphatic carboxylic acids is 1. The van der Waals surface area contributed by atoms with E-state index in [1.807, 2.05) is 0 Å². The lowest BCUT2D eigenvalue weighted by Crippen LogP contribution is -2.25. The summed E-state index contributed by atoms with van der Waals surface area (Å²) in [7, 11) is 0. The van der Waals surface area contributed by atoms with E-state index in [1.54, 1.807) is 18.2 Å². The van der Waals surface area contributed by atoms with Crippen molar-refractivity contribution in [2.75, 3.05) is 0 Å². The summed E-state index contributed by atoms with van der Waals surface area (Å²) >= 11 is 0. The summed E-state index contributed by atoms with van der Waals surface area (Å²) in [6.45, 7) is 0. The van der Waals surface area contributed by atoms with Gasteiger partial charge < -0.3 is 9.63 Å². The molecule has 0 amide bonds. The number of hydrogen-bond donors (Lipinski definition) is 1. The third-order valence-corrected chi connectivity index (χ3v) is 3.96. The predicted molar refractivity (Wildman–Crippen MR) is 72.0 cm³/mol. The molecule has 1 aromatic heterocycles. The van der Waals surface area contributed by atoms with Crippen LogP contribution in [-0.2, 0) is 4.79 Å². The molecule has 0 saturated heterocycles. The van der Waals surface area contributed by atoms with Gasteiger partial charge in [-0.05, 0) is 25.0 Å². The summed E-state index contributed by atoms with van der Waals surface area (Å²) in [5, 5.41) is 13.1. The Balaban J connectivity index is 1.91. The molecule has 2 unspecified atom stereocenters. The topological polar surface area (TPSA) is 76.2 Å². The van der Waals surface area contributed by atoms with Gasteiger partial charge in [0.25, 0.3) is 0 Å². The second-order valence-electron chi connectivity index (χ2n) is 5.27. The van der Waals surface area contributed by atoms with E-state index in [2.05, 4.69) is 10.1 Å². The lowest BCUT2D eigenvalue weighted by Gasteiger charge is -2.25. The Labute approximate surface area is 120 Å². The molecule has 1 aromatic carbocycles. The van der Waals surface area contributed by atoms with Gasteiger partial charge in [0.05, 0.1) is 17.4 Å². The van der Waals surface area contributed by atoms with Crippen LogP contribution in [0.15, 0.2) is 28.8 Å². The lowest BCUT2D eigenvalue weighted by atomic mass is 9.79. The van der Waals surface area contributed by atoms with Crippen LogP contribution in [0, 0.1) is 11.7 Å². The zero-order chi connectivity index (χ0) is 14.8. The van der Waals surface area contributed by atoms with Crippen LogP contribution in [0.1, 0.15) is 37.5 Å². The van der Waals surface area contributed by atoms with Gasteiger partial charge in [0.2, 0.25) is 11.7 Å². The van der Waals surface area contributed by atoms with E-state index in [0.29, 0.717) is 18.7 Å². The van der Waals surface area contributed by atoms with Crippen molar-refractivity contribution in [3.05, 3.63) is 36.0 Å². The van der Waals surface area contributed by atoms with Gasteiger partial charge in [-0.25, -0.2) is 4.39 Å². The van der Waals surface area contributed by atoms with E-state index < -0.39 is 17.7 Å². The van der Waals surface area contributed by atoms with Crippen LogP contribution in [-0.4, -0.2) is 21.2 Å². The van der Waals surface area contributed by atoms with Gasteiger partial charge in [0.15, 0.2) is 0 Å². The van der Waals surface area contributed by atoms with Crippen molar-refractivity contribution in [1.82, 2.24) is 10.1 Å². The molecule has 2 aromatic rings. The largest absolute Gasteiger partial charge is 0.481 e. The summed E-state index contributed by atoms with van der Waals surface area (Å²) in [6, 6.07) is 6.17. The van der Waals surface area contributed by atoms with E-state index in [9.17, 15) is 14.3 Å².